The summed E-state index contributed by atoms with van der Waals surface area (Å²) in [6.07, 6.45) is 9.32. The van der Waals surface area contributed by atoms with Crippen molar-refractivity contribution in [3.05, 3.63) is 25.3 Å². The van der Waals surface area contributed by atoms with Gasteiger partial charge in [-0.1, -0.05) is 37.8 Å². The average molecular weight is 286 g/mol. The fraction of sp³-hybridized carbons (Fsp3) is 0.625. The zero-order chi connectivity index (χ0) is 16.2. The number of unbranched alkanes of at least 4 members (excludes halogenated alkanes) is 5. The zero-order valence-corrected chi connectivity index (χ0v) is 12.9. The fourth-order valence-electron chi connectivity index (χ4n) is 1.26. The molecule has 0 radical (unpaired) electrons. The summed E-state index contributed by atoms with van der Waals surface area (Å²) in [7, 11) is 0. The summed E-state index contributed by atoms with van der Waals surface area (Å²) < 4.78 is 0. The third kappa shape index (κ3) is 44.0. The first-order chi connectivity index (χ1) is 9.45. The molecule has 118 valence electrons. The molecule has 0 aliphatic carbocycles. The fourth-order valence-corrected chi connectivity index (χ4v) is 1.26. The van der Waals surface area contributed by atoms with E-state index in [9.17, 15) is 9.59 Å². The number of aliphatic carboxylic acids is 2. The molecule has 0 aromatic heterocycles. The summed E-state index contributed by atoms with van der Waals surface area (Å²) in [5.74, 6) is -1.48. The second kappa shape index (κ2) is 22.6. The first kappa shape index (κ1) is 23.5. The molecule has 0 saturated carbocycles. The highest BCUT2D eigenvalue weighted by molar-refractivity contribution is 5.66. The van der Waals surface area contributed by atoms with E-state index in [2.05, 4.69) is 13.2 Å². The van der Waals surface area contributed by atoms with Crippen LogP contribution in [0, 0.1) is 0 Å². The zero-order valence-electron chi connectivity index (χ0n) is 12.9. The van der Waals surface area contributed by atoms with Gasteiger partial charge < -0.3 is 10.2 Å². The summed E-state index contributed by atoms with van der Waals surface area (Å²) in [5, 5.41) is 16.7. The van der Waals surface area contributed by atoms with Gasteiger partial charge in [-0.2, -0.15) is 0 Å². The van der Waals surface area contributed by atoms with E-state index in [0.717, 1.165) is 38.5 Å². The third-order valence-corrected chi connectivity index (χ3v) is 2.03. The molecule has 0 unspecified atom stereocenters. The van der Waals surface area contributed by atoms with Crippen LogP contribution in [0.1, 0.15) is 65.2 Å². The van der Waals surface area contributed by atoms with E-state index in [-0.39, 0.29) is 12.8 Å². The highest BCUT2D eigenvalue weighted by atomic mass is 16.4. The van der Waals surface area contributed by atoms with Crippen LogP contribution >= 0.6 is 0 Å². The SMILES string of the molecule is C=CC.C=CC.O=C(O)CCCCCCCCC(=O)O. The summed E-state index contributed by atoms with van der Waals surface area (Å²) in [6.45, 7) is 10.5. The third-order valence-electron chi connectivity index (χ3n) is 2.03. The molecular formula is C16H30O4. The second-order valence-electron chi connectivity index (χ2n) is 4.23. The molecule has 0 aromatic rings. The molecule has 0 amide bonds. The van der Waals surface area contributed by atoms with Crippen LogP contribution in [0.3, 0.4) is 0 Å². The summed E-state index contributed by atoms with van der Waals surface area (Å²) in [6, 6.07) is 0. The van der Waals surface area contributed by atoms with Gasteiger partial charge in [0.2, 0.25) is 0 Å². The lowest BCUT2D eigenvalue weighted by molar-refractivity contribution is -0.138. The van der Waals surface area contributed by atoms with Crippen molar-refractivity contribution < 1.29 is 19.8 Å². The van der Waals surface area contributed by atoms with Crippen LogP contribution in [0.25, 0.3) is 0 Å². The predicted molar refractivity (Wildman–Crippen MR) is 83.9 cm³/mol. The van der Waals surface area contributed by atoms with E-state index in [1.54, 1.807) is 12.2 Å². The molecule has 4 heteroatoms. The van der Waals surface area contributed by atoms with Gasteiger partial charge in [-0.3, -0.25) is 9.59 Å². The Morgan fingerprint density at radius 2 is 0.950 bits per heavy atom. The van der Waals surface area contributed by atoms with Crippen molar-refractivity contribution in [2.24, 2.45) is 0 Å². The van der Waals surface area contributed by atoms with E-state index in [4.69, 9.17) is 10.2 Å². The molecule has 0 aliphatic rings. The number of carboxylic acids is 2. The van der Waals surface area contributed by atoms with Crippen LogP contribution in [0.2, 0.25) is 0 Å². The molecule has 0 aliphatic heterocycles. The Hall–Kier alpha value is -1.58. The quantitative estimate of drug-likeness (QED) is 0.477. The van der Waals surface area contributed by atoms with E-state index in [1.807, 2.05) is 13.8 Å². The van der Waals surface area contributed by atoms with Crippen molar-refractivity contribution in [3.63, 3.8) is 0 Å². The Morgan fingerprint density at radius 3 is 1.15 bits per heavy atom. The Balaban J connectivity index is -0.000000408. The van der Waals surface area contributed by atoms with Crippen molar-refractivity contribution in [3.8, 4) is 0 Å². The van der Waals surface area contributed by atoms with E-state index in [1.165, 1.54) is 0 Å². The van der Waals surface area contributed by atoms with Crippen molar-refractivity contribution in [2.75, 3.05) is 0 Å². The average Bonchev–Trinajstić information content (AvgIpc) is 2.34. The predicted octanol–water partition coefficient (Wildman–Crippen LogP) is 4.66. The minimum Gasteiger partial charge on any atom is -0.481 e. The van der Waals surface area contributed by atoms with Crippen LogP contribution < -0.4 is 0 Å². The monoisotopic (exact) mass is 286 g/mol. The minimum absolute atomic E-state index is 0.245. The van der Waals surface area contributed by atoms with Crippen molar-refractivity contribution in [2.45, 2.75) is 65.2 Å². The van der Waals surface area contributed by atoms with E-state index in [0.29, 0.717) is 0 Å². The molecule has 20 heavy (non-hydrogen) atoms. The van der Waals surface area contributed by atoms with E-state index < -0.39 is 11.9 Å². The van der Waals surface area contributed by atoms with Crippen LogP contribution in [0.4, 0.5) is 0 Å². The normalized spacial score (nSPS) is 8.30. The number of rotatable bonds is 9. The lowest BCUT2D eigenvalue weighted by Gasteiger charge is -1.98. The number of hydrogen-bond acceptors (Lipinski definition) is 2. The molecule has 0 spiro atoms. The molecule has 4 nitrogen and oxygen atoms in total. The first-order valence-electron chi connectivity index (χ1n) is 7.03. The first-order valence-corrected chi connectivity index (χ1v) is 7.03. The summed E-state index contributed by atoms with van der Waals surface area (Å²) in [4.78, 5) is 20.3. The Bertz CT molecular complexity index is 221. The van der Waals surface area contributed by atoms with Crippen molar-refractivity contribution in [1.29, 1.82) is 0 Å². The van der Waals surface area contributed by atoms with Gasteiger partial charge in [0.25, 0.3) is 0 Å². The Kier molecular flexibility index (Phi) is 26.5. The van der Waals surface area contributed by atoms with Crippen LogP contribution in [0.15, 0.2) is 25.3 Å². The largest absolute Gasteiger partial charge is 0.481 e. The molecule has 0 heterocycles. The smallest absolute Gasteiger partial charge is 0.303 e. The number of hydrogen-bond donors (Lipinski definition) is 2. The molecule has 2 N–H and O–H groups in total. The van der Waals surface area contributed by atoms with Gasteiger partial charge >= 0.3 is 11.9 Å². The lowest BCUT2D eigenvalue weighted by atomic mass is 10.1. The molecule has 0 bridgehead atoms. The van der Waals surface area contributed by atoms with Crippen LogP contribution in [-0.2, 0) is 9.59 Å². The second-order valence-corrected chi connectivity index (χ2v) is 4.23. The van der Waals surface area contributed by atoms with Gasteiger partial charge in [-0.15, -0.1) is 13.2 Å². The highest BCUT2D eigenvalue weighted by Crippen LogP contribution is 2.08. The van der Waals surface area contributed by atoms with Crippen LogP contribution in [0.5, 0.6) is 0 Å². The Labute approximate surface area is 123 Å². The highest BCUT2D eigenvalue weighted by Gasteiger charge is 1.98. The molecule has 0 rings (SSSR count). The van der Waals surface area contributed by atoms with Gasteiger partial charge in [0, 0.05) is 12.8 Å². The van der Waals surface area contributed by atoms with Gasteiger partial charge in [0.1, 0.15) is 0 Å². The number of carbonyl (C=O) groups is 2. The molecule has 0 aromatic carbocycles. The number of carboxylic acid groups (broad SMARTS) is 2. The van der Waals surface area contributed by atoms with Crippen molar-refractivity contribution in [1.82, 2.24) is 0 Å². The molecule has 0 saturated heterocycles. The summed E-state index contributed by atoms with van der Waals surface area (Å²) >= 11 is 0. The molecule has 0 atom stereocenters. The standard InChI is InChI=1S/C10H18O4.2C3H6/c11-9(12)7-5-3-1-2-4-6-8-10(13)14;2*1-3-2/h1-8H2,(H,11,12)(H,13,14);2*3H,1H2,2H3. The van der Waals surface area contributed by atoms with Crippen molar-refractivity contribution >= 4 is 11.9 Å². The van der Waals surface area contributed by atoms with Gasteiger partial charge in [0.15, 0.2) is 0 Å². The van der Waals surface area contributed by atoms with Crippen LogP contribution in [-0.4, -0.2) is 22.2 Å². The van der Waals surface area contributed by atoms with Gasteiger partial charge in [-0.05, 0) is 26.7 Å². The molecule has 0 fully saturated rings. The molecular weight excluding hydrogens is 256 g/mol. The maximum atomic E-state index is 10.1. The van der Waals surface area contributed by atoms with Gasteiger partial charge in [-0.25, -0.2) is 0 Å². The lowest BCUT2D eigenvalue weighted by Crippen LogP contribution is -1.94. The topological polar surface area (TPSA) is 74.6 Å². The van der Waals surface area contributed by atoms with E-state index >= 15 is 0 Å². The van der Waals surface area contributed by atoms with Gasteiger partial charge in [0.05, 0.1) is 0 Å². The maximum absolute atomic E-state index is 10.1. The Morgan fingerprint density at radius 1 is 0.750 bits per heavy atom. The summed E-state index contributed by atoms with van der Waals surface area (Å²) in [5.41, 5.74) is 0. The minimum atomic E-state index is -0.740. The number of allylic oxidation sites excluding steroid dienone is 2. The maximum Gasteiger partial charge on any atom is 0.303 e.